The first-order valence-corrected chi connectivity index (χ1v) is 6.05. The molecule has 0 aliphatic heterocycles. The summed E-state index contributed by atoms with van der Waals surface area (Å²) >= 11 is 5.77. The third-order valence-corrected chi connectivity index (χ3v) is 2.90. The van der Waals surface area contributed by atoms with Gasteiger partial charge in [0.2, 0.25) is 0 Å². The van der Waals surface area contributed by atoms with E-state index in [2.05, 4.69) is 0 Å². The van der Waals surface area contributed by atoms with Gasteiger partial charge in [-0.05, 0) is 35.9 Å². The molecule has 0 atom stereocenters. The van der Waals surface area contributed by atoms with Gasteiger partial charge in [-0.1, -0.05) is 29.8 Å². The molecule has 0 amide bonds. The van der Waals surface area contributed by atoms with Crippen LogP contribution in [0, 0.1) is 0 Å². The molecule has 1 N–H and O–H groups in total. The zero-order valence-corrected chi connectivity index (χ0v) is 11.9. The van der Waals surface area contributed by atoms with Crippen LogP contribution in [0.1, 0.15) is 21.5 Å². The lowest BCUT2D eigenvalue weighted by atomic mass is 10.0. The minimum absolute atomic E-state index is 0. The van der Waals surface area contributed by atoms with E-state index in [9.17, 15) is 9.59 Å². The minimum Gasteiger partial charge on any atom is -0.481 e. The number of hydrogen-bond donors (Lipinski definition) is 1. The molecule has 2 aromatic rings. The second-order valence-electron chi connectivity index (χ2n) is 4.11. The van der Waals surface area contributed by atoms with Gasteiger partial charge in [-0.15, -0.1) is 12.4 Å². The summed E-state index contributed by atoms with van der Waals surface area (Å²) in [6.45, 7) is 0. The van der Waals surface area contributed by atoms with E-state index < -0.39 is 5.97 Å². The summed E-state index contributed by atoms with van der Waals surface area (Å²) in [5, 5.41) is 9.31. The van der Waals surface area contributed by atoms with Crippen LogP contribution in [0.15, 0.2) is 48.5 Å². The van der Waals surface area contributed by atoms with Gasteiger partial charge in [-0.3, -0.25) is 9.59 Å². The monoisotopic (exact) mass is 310 g/mol. The van der Waals surface area contributed by atoms with Crippen molar-refractivity contribution in [2.24, 2.45) is 0 Å². The van der Waals surface area contributed by atoms with E-state index in [1.54, 1.807) is 48.5 Å². The Morgan fingerprint density at radius 1 is 1.00 bits per heavy atom. The molecular weight excluding hydrogens is 299 g/mol. The standard InChI is InChI=1S/C15H11ClO3.ClH/c16-13-6-4-11(5-7-13)15(19)12-3-1-2-10(8-12)9-14(17)18;/h1-8H,9H2,(H,17,18);1H. The highest BCUT2D eigenvalue weighted by Crippen LogP contribution is 2.15. The predicted molar refractivity (Wildman–Crippen MR) is 79.9 cm³/mol. The zero-order chi connectivity index (χ0) is 13.8. The Morgan fingerprint density at radius 3 is 2.25 bits per heavy atom. The van der Waals surface area contributed by atoms with Crippen molar-refractivity contribution in [3.05, 3.63) is 70.2 Å². The lowest BCUT2D eigenvalue weighted by Gasteiger charge is -2.03. The zero-order valence-electron chi connectivity index (χ0n) is 10.4. The SMILES string of the molecule is Cl.O=C(O)Cc1cccc(C(=O)c2ccc(Cl)cc2)c1. The fraction of sp³-hybridized carbons (Fsp3) is 0.0667. The maximum atomic E-state index is 12.2. The van der Waals surface area contributed by atoms with Gasteiger partial charge < -0.3 is 5.11 Å². The van der Waals surface area contributed by atoms with Crippen LogP contribution in [0.4, 0.5) is 0 Å². The van der Waals surface area contributed by atoms with E-state index in [-0.39, 0.29) is 24.6 Å². The smallest absolute Gasteiger partial charge is 0.307 e. The van der Waals surface area contributed by atoms with Gasteiger partial charge in [0.15, 0.2) is 5.78 Å². The van der Waals surface area contributed by atoms with Crippen LogP contribution in [-0.2, 0) is 11.2 Å². The molecule has 5 heteroatoms. The molecule has 0 bridgehead atoms. The molecule has 2 aromatic carbocycles. The molecular formula is C15H12Cl2O3. The molecule has 0 saturated heterocycles. The number of carbonyl (C=O) groups excluding carboxylic acids is 1. The van der Waals surface area contributed by atoms with Crippen molar-refractivity contribution >= 4 is 35.8 Å². The summed E-state index contributed by atoms with van der Waals surface area (Å²) in [5.74, 6) is -1.07. The van der Waals surface area contributed by atoms with Gasteiger partial charge >= 0.3 is 5.97 Å². The summed E-state index contributed by atoms with van der Waals surface area (Å²) in [6.07, 6.45) is -0.0955. The van der Waals surface area contributed by atoms with Crippen molar-refractivity contribution in [2.45, 2.75) is 6.42 Å². The summed E-state index contributed by atoms with van der Waals surface area (Å²) in [6, 6.07) is 13.2. The first kappa shape index (κ1) is 16.2. The van der Waals surface area contributed by atoms with Crippen molar-refractivity contribution in [2.75, 3.05) is 0 Å². The number of aliphatic carboxylic acids is 1. The summed E-state index contributed by atoms with van der Waals surface area (Å²) in [7, 11) is 0. The molecule has 0 radical (unpaired) electrons. The van der Waals surface area contributed by atoms with E-state index >= 15 is 0 Å². The molecule has 2 rings (SSSR count). The number of carboxylic acid groups (broad SMARTS) is 1. The normalized spacial score (nSPS) is 9.65. The first-order chi connectivity index (χ1) is 9.06. The number of carbonyl (C=O) groups is 2. The number of rotatable bonds is 4. The highest BCUT2D eigenvalue weighted by molar-refractivity contribution is 6.30. The molecule has 0 fully saturated rings. The Hall–Kier alpha value is -1.84. The summed E-state index contributed by atoms with van der Waals surface area (Å²) in [4.78, 5) is 22.9. The first-order valence-electron chi connectivity index (χ1n) is 5.67. The largest absolute Gasteiger partial charge is 0.481 e. The Balaban J connectivity index is 0.00000200. The van der Waals surface area contributed by atoms with E-state index in [1.807, 2.05) is 0 Å². The molecule has 3 nitrogen and oxygen atoms in total. The van der Waals surface area contributed by atoms with Gasteiger partial charge in [0.25, 0.3) is 0 Å². The average molecular weight is 311 g/mol. The molecule has 0 saturated carbocycles. The van der Waals surface area contributed by atoms with E-state index in [1.165, 1.54) is 0 Å². The number of hydrogen-bond acceptors (Lipinski definition) is 2. The minimum atomic E-state index is -0.920. The maximum absolute atomic E-state index is 12.2. The fourth-order valence-corrected chi connectivity index (χ4v) is 1.89. The van der Waals surface area contributed by atoms with Gasteiger partial charge in [-0.2, -0.15) is 0 Å². The molecule has 0 aliphatic rings. The van der Waals surface area contributed by atoms with Crippen LogP contribution < -0.4 is 0 Å². The van der Waals surface area contributed by atoms with Gasteiger partial charge in [0, 0.05) is 16.1 Å². The second kappa shape index (κ2) is 7.08. The van der Waals surface area contributed by atoms with Crippen molar-refractivity contribution < 1.29 is 14.7 Å². The van der Waals surface area contributed by atoms with Gasteiger partial charge in [0.05, 0.1) is 6.42 Å². The molecule has 20 heavy (non-hydrogen) atoms. The molecule has 104 valence electrons. The van der Waals surface area contributed by atoms with E-state index in [0.29, 0.717) is 21.7 Å². The predicted octanol–water partition coefficient (Wildman–Crippen LogP) is 3.62. The number of carboxylic acids is 1. The Labute approximate surface area is 127 Å². The lowest BCUT2D eigenvalue weighted by molar-refractivity contribution is -0.136. The summed E-state index contributed by atoms with van der Waals surface area (Å²) < 4.78 is 0. The van der Waals surface area contributed by atoms with Crippen LogP contribution in [0.5, 0.6) is 0 Å². The van der Waals surface area contributed by atoms with Crippen molar-refractivity contribution in [1.82, 2.24) is 0 Å². The highest BCUT2D eigenvalue weighted by Gasteiger charge is 2.10. The molecule has 0 aliphatic carbocycles. The molecule has 0 aromatic heterocycles. The third kappa shape index (κ3) is 4.08. The van der Waals surface area contributed by atoms with E-state index in [0.717, 1.165) is 0 Å². The van der Waals surface area contributed by atoms with Crippen LogP contribution in [0.2, 0.25) is 5.02 Å². The van der Waals surface area contributed by atoms with Crippen LogP contribution in [0.3, 0.4) is 0 Å². The Morgan fingerprint density at radius 2 is 1.65 bits per heavy atom. The quantitative estimate of drug-likeness (QED) is 0.877. The highest BCUT2D eigenvalue weighted by atomic mass is 35.5. The fourth-order valence-electron chi connectivity index (χ4n) is 1.77. The van der Waals surface area contributed by atoms with Crippen LogP contribution in [0.25, 0.3) is 0 Å². The molecule has 0 heterocycles. The second-order valence-corrected chi connectivity index (χ2v) is 4.54. The molecule has 0 unspecified atom stereocenters. The molecule has 0 spiro atoms. The summed E-state index contributed by atoms with van der Waals surface area (Å²) in [5.41, 5.74) is 1.60. The third-order valence-electron chi connectivity index (χ3n) is 2.65. The lowest BCUT2D eigenvalue weighted by Crippen LogP contribution is -2.04. The van der Waals surface area contributed by atoms with Crippen molar-refractivity contribution in [3.8, 4) is 0 Å². The van der Waals surface area contributed by atoms with Crippen LogP contribution >= 0.6 is 24.0 Å². The van der Waals surface area contributed by atoms with E-state index in [4.69, 9.17) is 16.7 Å². The number of halogens is 2. The Kier molecular flexibility index (Phi) is 5.74. The van der Waals surface area contributed by atoms with Crippen LogP contribution in [-0.4, -0.2) is 16.9 Å². The van der Waals surface area contributed by atoms with Gasteiger partial charge in [0.1, 0.15) is 0 Å². The van der Waals surface area contributed by atoms with Crippen molar-refractivity contribution in [1.29, 1.82) is 0 Å². The van der Waals surface area contributed by atoms with Gasteiger partial charge in [-0.25, -0.2) is 0 Å². The maximum Gasteiger partial charge on any atom is 0.307 e. The Bertz CT molecular complexity index is 621. The number of ketones is 1. The average Bonchev–Trinajstić information content (AvgIpc) is 2.38. The van der Waals surface area contributed by atoms with Crippen molar-refractivity contribution in [3.63, 3.8) is 0 Å². The number of benzene rings is 2. The topological polar surface area (TPSA) is 54.4 Å².